The molecule has 2 heterocycles. The van der Waals surface area contributed by atoms with Gasteiger partial charge in [-0.2, -0.15) is 0 Å². The van der Waals surface area contributed by atoms with Gasteiger partial charge in [-0.15, -0.1) is 0 Å². The van der Waals surface area contributed by atoms with Crippen molar-refractivity contribution in [2.45, 2.75) is 13.5 Å². The summed E-state index contributed by atoms with van der Waals surface area (Å²) in [5.41, 5.74) is 1.17. The maximum atomic E-state index is 12.6. The van der Waals surface area contributed by atoms with E-state index in [0.29, 0.717) is 26.2 Å². The average molecular weight is 369 g/mol. The van der Waals surface area contributed by atoms with Crippen LogP contribution in [0.2, 0.25) is 0 Å². The zero-order valence-electron chi connectivity index (χ0n) is 16.0. The first-order valence-corrected chi connectivity index (χ1v) is 9.35. The Morgan fingerprint density at radius 1 is 1.11 bits per heavy atom. The highest BCUT2D eigenvalue weighted by Gasteiger charge is 2.23. The van der Waals surface area contributed by atoms with Gasteiger partial charge in [0.1, 0.15) is 5.75 Å². The molecule has 2 aromatic rings. The molecule has 0 saturated carbocycles. The molecule has 1 aliphatic heterocycles. The number of hydrogen-bond acceptors (Lipinski definition) is 6. The van der Waals surface area contributed by atoms with E-state index in [1.54, 1.807) is 12.4 Å². The predicted molar refractivity (Wildman–Crippen MR) is 105 cm³/mol. The minimum absolute atomic E-state index is 0.164. The van der Waals surface area contributed by atoms with E-state index in [2.05, 4.69) is 14.9 Å². The van der Waals surface area contributed by atoms with Gasteiger partial charge in [0.05, 0.1) is 13.2 Å². The fraction of sp³-hybridized carbons (Fsp3) is 0.450. The van der Waals surface area contributed by atoms with E-state index in [-0.39, 0.29) is 5.91 Å². The molecular weight excluding hydrogens is 342 g/mol. The second-order valence-corrected chi connectivity index (χ2v) is 6.67. The molecule has 7 heteroatoms. The second kappa shape index (κ2) is 9.32. The van der Waals surface area contributed by atoms with Crippen LogP contribution in [0.25, 0.3) is 0 Å². The number of nitrogens with zero attached hydrogens (tertiary/aromatic N) is 5. The van der Waals surface area contributed by atoms with Crippen LogP contribution in [0.15, 0.2) is 42.7 Å². The minimum Gasteiger partial charge on any atom is -0.494 e. The Labute approximate surface area is 160 Å². The standard InChI is InChI=1S/C20H27N5O2/c1-3-27-18-7-5-17(6-8-18)15-23(2)16-19(26)24-11-13-25(14-12-24)20-21-9-4-10-22-20/h4-10H,3,11-16H2,1-2H3. The van der Waals surface area contributed by atoms with Crippen molar-refractivity contribution in [3.8, 4) is 5.75 Å². The highest BCUT2D eigenvalue weighted by atomic mass is 16.5. The first kappa shape index (κ1) is 19.1. The largest absolute Gasteiger partial charge is 0.494 e. The van der Waals surface area contributed by atoms with Crippen molar-refractivity contribution < 1.29 is 9.53 Å². The number of rotatable bonds is 7. The lowest BCUT2D eigenvalue weighted by Crippen LogP contribution is -2.51. The van der Waals surface area contributed by atoms with Gasteiger partial charge in [0.25, 0.3) is 0 Å². The van der Waals surface area contributed by atoms with E-state index in [1.807, 2.05) is 54.1 Å². The van der Waals surface area contributed by atoms with Gasteiger partial charge in [0.2, 0.25) is 11.9 Å². The quantitative estimate of drug-likeness (QED) is 0.740. The Bertz CT molecular complexity index is 715. The highest BCUT2D eigenvalue weighted by molar-refractivity contribution is 5.78. The van der Waals surface area contributed by atoms with Gasteiger partial charge in [-0.1, -0.05) is 12.1 Å². The number of ether oxygens (including phenoxy) is 1. The van der Waals surface area contributed by atoms with E-state index in [0.717, 1.165) is 31.3 Å². The topological polar surface area (TPSA) is 61.8 Å². The summed E-state index contributed by atoms with van der Waals surface area (Å²) >= 11 is 0. The third kappa shape index (κ3) is 5.40. The number of carbonyl (C=O) groups is 1. The van der Waals surface area contributed by atoms with Gasteiger partial charge in [0, 0.05) is 45.1 Å². The average Bonchev–Trinajstić information content (AvgIpc) is 2.70. The summed E-state index contributed by atoms with van der Waals surface area (Å²) in [6.45, 7) is 6.71. The molecule has 1 amide bonds. The zero-order valence-corrected chi connectivity index (χ0v) is 16.0. The molecule has 0 atom stereocenters. The lowest BCUT2D eigenvalue weighted by Gasteiger charge is -2.35. The van der Waals surface area contributed by atoms with Crippen LogP contribution in [-0.4, -0.2) is 72.1 Å². The summed E-state index contributed by atoms with van der Waals surface area (Å²) in [5.74, 6) is 1.77. The molecule has 0 N–H and O–H groups in total. The van der Waals surface area contributed by atoms with Crippen molar-refractivity contribution in [2.75, 3.05) is 51.3 Å². The van der Waals surface area contributed by atoms with Gasteiger partial charge >= 0.3 is 0 Å². The minimum atomic E-state index is 0.164. The second-order valence-electron chi connectivity index (χ2n) is 6.67. The smallest absolute Gasteiger partial charge is 0.236 e. The molecule has 3 rings (SSSR count). The van der Waals surface area contributed by atoms with Gasteiger partial charge in [0.15, 0.2) is 0 Å². The number of benzene rings is 1. The maximum absolute atomic E-state index is 12.6. The van der Waals surface area contributed by atoms with Gasteiger partial charge in [-0.3, -0.25) is 9.69 Å². The Kier molecular flexibility index (Phi) is 6.59. The van der Waals surface area contributed by atoms with Crippen LogP contribution >= 0.6 is 0 Å². The molecule has 1 saturated heterocycles. The monoisotopic (exact) mass is 369 g/mol. The molecule has 0 spiro atoms. The fourth-order valence-corrected chi connectivity index (χ4v) is 3.17. The number of carbonyl (C=O) groups excluding carboxylic acids is 1. The molecular formula is C20H27N5O2. The first-order chi connectivity index (χ1) is 13.2. The van der Waals surface area contributed by atoms with Crippen molar-refractivity contribution in [1.29, 1.82) is 0 Å². The Morgan fingerprint density at radius 2 is 1.78 bits per heavy atom. The number of aromatic nitrogens is 2. The van der Waals surface area contributed by atoms with Gasteiger partial charge < -0.3 is 14.5 Å². The number of hydrogen-bond donors (Lipinski definition) is 0. The molecule has 0 radical (unpaired) electrons. The molecule has 0 unspecified atom stereocenters. The summed E-state index contributed by atoms with van der Waals surface area (Å²) in [4.78, 5) is 27.2. The zero-order chi connectivity index (χ0) is 19.1. The van der Waals surface area contributed by atoms with Crippen molar-refractivity contribution >= 4 is 11.9 Å². The van der Waals surface area contributed by atoms with Crippen LogP contribution in [0.1, 0.15) is 12.5 Å². The molecule has 0 bridgehead atoms. The SMILES string of the molecule is CCOc1ccc(CN(C)CC(=O)N2CCN(c3ncccn3)CC2)cc1. The Morgan fingerprint density at radius 3 is 2.41 bits per heavy atom. The lowest BCUT2D eigenvalue weighted by molar-refractivity contribution is -0.132. The van der Waals surface area contributed by atoms with Crippen molar-refractivity contribution in [1.82, 2.24) is 19.8 Å². The van der Waals surface area contributed by atoms with Crippen LogP contribution in [0, 0.1) is 0 Å². The summed E-state index contributed by atoms with van der Waals surface area (Å²) < 4.78 is 5.46. The highest BCUT2D eigenvalue weighted by Crippen LogP contribution is 2.14. The number of piperazine rings is 1. The molecule has 1 aliphatic rings. The van der Waals surface area contributed by atoms with Crippen LogP contribution in [0.4, 0.5) is 5.95 Å². The lowest BCUT2D eigenvalue weighted by atomic mass is 10.2. The van der Waals surface area contributed by atoms with Gasteiger partial charge in [-0.25, -0.2) is 9.97 Å². The third-order valence-electron chi connectivity index (χ3n) is 4.56. The fourth-order valence-electron chi connectivity index (χ4n) is 3.17. The summed E-state index contributed by atoms with van der Waals surface area (Å²) in [7, 11) is 1.97. The van der Waals surface area contributed by atoms with E-state index in [1.165, 1.54) is 5.56 Å². The predicted octanol–water partition coefficient (Wildman–Crippen LogP) is 1.66. The summed E-state index contributed by atoms with van der Waals surface area (Å²) in [6.07, 6.45) is 3.49. The van der Waals surface area contributed by atoms with Crippen LogP contribution < -0.4 is 9.64 Å². The molecule has 7 nitrogen and oxygen atoms in total. The van der Waals surface area contributed by atoms with Gasteiger partial charge in [-0.05, 0) is 37.7 Å². The molecule has 1 aromatic carbocycles. The summed E-state index contributed by atoms with van der Waals surface area (Å²) in [5, 5.41) is 0. The molecule has 144 valence electrons. The number of likely N-dealkylation sites (N-methyl/N-ethyl adjacent to an activating group) is 1. The molecule has 1 aromatic heterocycles. The molecule has 0 aliphatic carbocycles. The maximum Gasteiger partial charge on any atom is 0.236 e. The van der Waals surface area contributed by atoms with E-state index in [4.69, 9.17) is 4.74 Å². The van der Waals surface area contributed by atoms with E-state index >= 15 is 0 Å². The Balaban J connectivity index is 1.44. The first-order valence-electron chi connectivity index (χ1n) is 9.35. The number of amides is 1. The van der Waals surface area contributed by atoms with E-state index < -0.39 is 0 Å². The van der Waals surface area contributed by atoms with Crippen LogP contribution in [0.3, 0.4) is 0 Å². The Hall–Kier alpha value is -2.67. The normalized spacial score (nSPS) is 14.5. The third-order valence-corrected chi connectivity index (χ3v) is 4.56. The molecule has 27 heavy (non-hydrogen) atoms. The van der Waals surface area contributed by atoms with E-state index in [9.17, 15) is 4.79 Å². The van der Waals surface area contributed by atoms with Crippen molar-refractivity contribution in [3.05, 3.63) is 48.3 Å². The van der Waals surface area contributed by atoms with Crippen LogP contribution in [-0.2, 0) is 11.3 Å². The van der Waals surface area contributed by atoms with Crippen LogP contribution in [0.5, 0.6) is 5.75 Å². The summed E-state index contributed by atoms with van der Waals surface area (Å²) in [6, 6.07) is 9.84. The van der Waals surface area contributed by atoms with Crippen molar-refractivity contribution in [3.63, 3.8) is 0 Å². The van der Waals surface area contributed by atoms with Crippen molar-refractivity contribution in [2.24, 2.45) is 0 Å². The molecule has 1 fully saturated rings. The number of anilines is 1.